The predicted molar refractivity (Wildman–Crippen MR) is 162 cm³/mol. The fourth-order valence-corrected chi connectivity index (χ4v) is 4.61. The lowest BCUT2D eigenvalue weighted by molar-refractivity contribution is -0.122. The SMILES string of the molecule is CCc1cc(Nc2nccn3c(-c4ccc(OC)c(F)c4F)cnc23)ccc1C(=O)NCC(O)CNC(=O)[C@@H](N)CCCN. The first-order valence-electron chi connectivity index (χ1n) is 14.1. The molecule has 2 aromatic carbocycles. The van der Waals surface area contributed by atoms with Gasteiger partial charge in [0.2, 0.25) is 11.7 Å². The van der Waals surface area contributed by atoms with Crippen molar-refractivity contribution < 1.29 is 28.2 Å². The fourth-order valence-electron chi connectivity index (χ4n) is 4.61. The van der Waals surface area contributed by atoms with E-state index in [0.717, 1.165) is 5.56 Å². The summed E-state index contributed by atoms with van der Waals surface area (Å²) in [5.41, 5.74) is 13.7. The van der Waals surface area contributed by atoms with Crippen LogP contribution in [0.2, 0.25) is 0 Å². The van der Waals surface area contributed by atoms with Crippen molar-refractivity contribution in [3.05, 3.63) is 71.7 Å². The molecule has 0 spiro atoms. The molecule has 234 valence electrons. The second kappa shape index (κ2) is 14.7. The van der Waals surface area contributed by atoms with Crippen molar-refractivity contribution in [3.63, 3.8) is 0 Å². The molecule has 4 rings (SSSR count). The number of aryl methyl sites for hydroxylation is 1. The lowest BCUT2D eigenvalue weighted by Gasteiger charge is -2.16. The minimum atomic E-state index is -1.09. The number of anilines is 2. The minimum absolute atomic E-state index is 0.00942. The molecule has 4 aromatic rings. The van der Waals surface area contributed by atoms with Gasteiger partial charge in [-0.2, -0.15) is 4.39 Å². The van der Waals surface area contributed by atoms with Gasteiger partial charge in [-0.3, -0.25) is 14.0 Å². The molecule has 2 atom stereocenters. The number of amides is 2. The van der Waals surface area contributed by atoms with Crippen LogP contribution in [0.1, 0.15) is 35.7 Å². The van der Waals surface area contributed by atoms with Gasteiger partial charge in [-0.1, -0.05) is 6.92 Å². The third kappa shape index (κ3) is 7.27. The van der Waals surface area contributed by atoms with E-state index < -0.39 is 29.7 Å². The number of carbonyl (C=O) groups excluding carboxylic acids is 2. The molecule has 0 aliphatic carbocycles. The summed E-state index contributed by atoms with van der Waals surface area (Å²) in [4.78, 5) is 33.7. The number of hydrogen-bond donors (Lipinski definition) is 6. The number of rotatable bonds is 14. The number of carbonyl (C=O) groups is 2. The van der Waals surface area contributed by atoms with Gasteiger partial charge in [0.05, 0.1) is 31.1 Å². The second-order valence-electron chi connectivity index (χ2n) is 10.1. The monoisotopic (exact) mass is 610 g/mol. The van der Waals surface area contributed by atoms with E-state index in [4.69, 9.17) is 16.2 Å². The Hall–Kier alpha value is -4.66. The molecule has 2 amide bonds. The first-order valence-corrected chi connectivity index (χ1v) is 14.1. The molecule has 8 N–H and O–H groups in total. The van der Waals surface area contributed by atoms with Crippen LogP contribution >= 0.6 is 0 Å². The van der Waals surface area contributed by atoms with Crippen molar-refractivity contribution in [2.45, 2.75) is 38.3 Å². The van der Waals surface area contributed by atoms with Crippen LogP contribution in [0.4, 0.5) is 20.3 Å². The van der Waals surface area contributed by atoms with Gasteiger partial charge in [0.25, 0.3) is 5.91 Å². The number of nitrogens with one attached hydrogen (secondary N) is 3. The maximum absolute atomic E-state index is 14.8. The number of nitrogens with two attached hydrogens (primary N) is 2. The number of benzene rings is 2. The standard InChI is InChI=1S/C30H36F2N8O4/c1-3-17-13-18(6-7-20(17)29(42)37-14-19(41)15-38-30(43)22(34)5-4-10-33)39-27-28-36-16-23(40(28)12-11-35-27)21-8-9-24(44-2)26(32)25(21)31/h6-9,11-13,16,19,22,41H,3-5,10,14-15,33-34H2,1-2H3,(H,35,39)(H,37,42)(H,38,43)/t19?,22-/m0/s1. The molecule has 0 fully saturated rings. The molecular weight excluding hydrogens is 574 g/mol. The maximum atomic E-state index is 14.8. The lowest BCUT2D eigenvalue weighted by atomic mass is 10.0. The van der Waals surface area contributed by atoms with E-state index in [1.165, 1.54) is 31.6 Å². The second-order valence-corrected chi connectivity index (χ2v) is 10.1. The van der Waals surface area contributed by atoms with Crippen molar-refractivity contribution in [1.29, 1.82) is 0 Å². The van der Waals surface area contributed by atoms with Gasteiger partial charge in [0, 0.05) is 42.3 Å². The Morgan fingerprint density at radius 2 is 1.89 bits per heavy atom. The first-order chi connectivity index (χ1) is 21.2. The summed E-state index contributed by atoms with van der Waals surface area (Å²) < 4.78 is 35.6. The molecule has 14 heteroatoms. The third-order valence-electron chi connectivity index (χ3n) is 7.03. The zero-order valence-corrected chi connectivity index (χ0v) is 24.4. The summed E-state index contributed by atoms with van der Waals surface area (Å²) in [7, 11) is 1.26. The first kappa shape index (κ1) is 32.3. The number of imidazole rings is 1. The van der Waals surface area contributed by atoms with Gasteiger partial charge in [-0.05, 0) is 61.7 Å². The average Bonchev–Trinajstić information content (AvgIpc) is 3.47. The fraction of sp³-hybridized carbons (Fsp3) is 0.333. The molecule has 44 heavy (non-hydrogen) atoms. The summed E-state index contributed by atoms with van der Waals surface area (Å²) in [6, 6.07) is 7.19. The maximum Gasteiger partial charge on any atom is 0.251 e. The Balaban J connectivity index is 1.43. The van der Waals surface area contributed by atoms with Crippen molar-refractivity contribution >= 4 is 29.0 Å². The van der Waals surface area contributed by atoms with Crippen molar-refractivity contribution in [2.75, 3.05) is 32.1 Å². The van der Waals surface area contributed by atoms with Crippen LogP contribution in [-0.2, 0) is 11.2 Å². The van der Waals surface area contributed by atoms with Gasteiger partial charge in [-0.25, -0.2) is 14.4 Å². The van der Waals surface area contributed by atoms with Gasteiger partial charge in [0.15, 0.2) is 23.0 Å². The average molecular weight is 611 g/mol. The number of methoxy groups -OCH3 is 1. The topological polar surface area (TPSA) is 182 Å². The van der Waals surface area contributed by atoms with E-state index >= 15 is 0 Å². The molecule has 0 radical (unpaired) electrons. The molecular formula is C30H36F2N8O4. The van der Waals surface area contributed by atoms with Crippen LogP contribution in [0.3, 0.4) is 0 Å². The van der Waals surface area contributed by atoms with E-state index in [9.17, 15) is 23.5 Å². The Morgan fingerprint density at radius 1 is 1.11 bits per heavy atom. The number of halogens is 2. The highest BCUT2D eigenvalue weighted by atomic mass is 19.2. The molecule has 2 heterocycles. The van der Waals surface area contributed by atoms with Gasteiger partial charge >= 0.3 is 0 Å². The van der Waals surface area contributed by atoms with Crippen LogP contribution in [0.25, 0.3) is 16.9 Å². The number of aromatic nitrogens is 3. The molecule has 0 saturated carbocycles. The normalized spacial score (nSPS) is 12.5. The van der Waals surface area contributed by atoms with Crippen LogP contribution < -0.4 is 32.2 Å². The van der Waals surface area contributed by atoms with Crippen LogP contribution in [0.5, 0.6) is 5.75 Å². The Morgan fingerprint density at radius 3 is 2.61 bits per heavy atom. The third-order valence-corrected chi connectivity index (χ3v) is 7.03. The zero-order valence-electron chi connectivity index (χ0n) is 24.4. The quantitative estimate of drug-likeness (QED) is 0.125. The van der Waals surface area contributed by atoms with E-state index in [1.807, 2.05) is 6.92 Å². The number of fused-ring (bicyclic) bond motifs is 1. The number of aliphatic hydroxyl groups excluding tert-OH is 1. The number of ether oxygens (including phenoxy) is 1. The summed E-state index contributed by atoms with van der Waals surface area (Å²) in [6.45, 7) is 2.19. The van der Waals surface area contributed by atoms with E-state index in [-0.39, 0.29) is 30.3 Å². The molecule has 0 aliphatic rings. The Kier molecular flexibility index (Phi) is 10.8. The van der Waals surface area contributed by atoms with E-state index in [2.05, 4.69) is 25.9 Å². The van der Waals surface area contributed by atoms with E-state index in [0.29, 0.717) is 54.2 Å². The Bertz CT molecular complexity index is 1630. The molecule has 12 nitrogen and oxygen atoms in total. The highest BCUT2D eigenvalue weighted by molar-refractivity contribution is 5.96. The van der Waals surface area contributed by atoms with Crippen molar-refractivity contribution in [1.82, 2.24) is 25.0 Å². The molecule has 0 aliphatic heterocycles. The summed E-state index contributed by atoms with van der Waals surface area (Å²) in [5, 5.41) is 18.7. The van der Waals surface area contributed by atoms with Gasteiger partial charge < -0.3 is 37.3 Å². The summed E-state index contributed by atoms with van der Waals surface area (Å²) in [5.74, 6) is -2.76. The van der Waals surface area contributed by atoms with Gasteiger partial charge in [0.1, 0.15) is 0 Å². The molecule has 2 aromatic heterocycles. The minimum Gasteiger partial charge on any atom is -0.494 e. The lowest BCUT2D eigenvalue weighted by Crippen LogP contribution is -2.46. The predicted octanol–water partition coefficient (Wildman–Crippen LogP) is 2.26. The molecule has 0 bridgehead atoms. The van der Waals surface area contributed by atoms with Crippen molar-refractivity contribution in [2.24, 2.45) is 11.5 Å². The smallest absolute Gasteiger partial charge is 0.251 e. The highest BCUT2D eigenvalue weighted by Crippen LogP contribution is 2.31. The number of aliphatic hydroxyl groups is 1. The summed E-state index contributed by atoms with van der Waals surface area (Å²) in [6.07, 6.45) is 5.10. The molecule has 0 saturated heterocycles. The molecule has 1 unspecified atom stereocenters. The van der Waals surface area contributed by atoms with E-state index in [1.54, 1.807) is 28.8 Å². The van der Waals surface area contributed by atoms with Crippen molar-refractivity contribution in [3.8, 4) is 17.0 Å². The zero-order chi connectivity index (χ0) is 31.8. The Labute approximate surface area is 252 Å². The number of nitrogens with zero attached hydrogens (tertiary/aromatic N) is 3. The van der Waals surface area contributed by atoms with Crippen LogP contribution in [-0.4, -0.2) is 70.2 Å². The van der Waals surface area contributed by atoms with Crippen LogP contribution in [0.15, 0.2) is 48.9 Å². The van der Waals surface area contributed by atoms with Gasteiger partial charge in [-0.15, -0.1) is 0 Å². The number of hydrogen-bond acceptors (Lipinski definition) is 9. The largest absolute Gasteiger partial charge is 0.494 e. The summed E-state index contributed by atoms with van der Waals surface area (Å²) >= 11 is 0. The highest BCUT2D eigenvalue weighted by Gasteiger charge is 2.20. The van der Waals surface area contributed by atoms with Crippen LogP contribution in [0, 0.1) is 11.6 Å².